The molecule has 0 radical (unpaired) electrons. The number of allylic oxidation sites excluding steroid dienone is 3. The van der Waals surface area contributed by atoms with Gasteiger partial charge in [0, 0.05) is 24.7 Å². The van der Waals surface area contributed by atoms with E-state index in [-0.39, 0.29) is 0 Å². The van der Waals surface area contributed by atoms with Gasteiger partial charge in [-0.2, -0.15) is 0 Å². The predicted molar refractivity (Wildman–Crippen MR) is 76.0 cm³/mol. The normalized spacial score (nSPS) is 27.5. The third-order valence-electron chi connectivity index (χ3n) is 3.74. The van der Waals surface area contributed by atoms with Crippen LogP contribution in [0.5, 0.6) is 0 Å². The van der Waals surface area contributed by atoms with Crippen LogP contribution < -0.4 is 10.6 Å². The molecule has 0 saturated heterocycles. The first-order chi connectivity index (χ1) is 8.20. The van der Waals surface area contributed by atoms with Crippen LogP contribution in [0.15, 0.2) is 22.9 Å². The smallest absolute Gasteiger partial charge is 0.0353 e. The molecule has 0 amide bonds. The predicted octanol–water partition coefficient (Wildman–Crippen LogP) is 3.23. The molecule has 0 aliphatic carbocycles. The molecule has 1 atom stereocenters. The summed E-state index contributed by atoms with van der Waals surface area (Å²) in [4.78, 5) is 0. The van der Waals surface area contributed by atoms with E-state index in [1.165, 1.54) is 36.1 Å². The zero-order valence-corrected chi connectivity index (χ0v) is 11.9. The molecule has 0 aromatic rings. The molecule has 0 aromatic heterocycles. The molecular formula is C15H28N2. The van der Waals surface area contributed by atoms with Crippen LogP contribution in [0.25, 0.3) is 0 Å². The lowest BCUT2D eigenvalue weighted by atomic mass is 9.86. The van der Waals surface area contributed by atoms with Crippen LogP contribution in [0.2, 0.25) is 0 Å². The highest BCUT2D eigenvalue weighted by molar-refractivity contribution is 5.24. The van der Waals surface area contributed by atoms with E-state index in [2.05, 4.69) is 44.4 Å². The second-order valence-electron chi connectivity index (χ2n) is 4.99. The highest BCUT2D eigenvalue weighted by atomic mass is 15.0. The van der Waals surface area contributed by atoms with Gasteiger partial charge in [0.1, 0.15) is 0 Å². The topological polar surface area (TPSA) is 24.1 Å². The minimum atomic E-state index is 0.640. The average molecular weight is 236 g/mol. The number of hydrogen-bond acceptors (Lipinski definition) is 2. The van der Waals surface area contributed by atoms with E-state index in [0.29, 0.717) is 5.92 Å². The van der Waals surface area contributed by atoms with Crippen LogP contribution in [-0.2, 0) is 0 Å². The van der Waals surface area contributed by atoms with Gasteiger partial charge < -0.3 is 10.6 Å². The lowest BCUT2D eigenvalue weighted by Crippen LogP contribution is -2.31. The Morgan fingerprint density at radius 1 is 1.53 bits per heavy atom. The number of nitrogens with one attached hydrogen (secondary N) is 2. The first-order valence-corrected chi connectivity index (χ1v) is 6.97. The van der Waals surface area contributed by atoms with Crippen LogP contribution in [-0.4, -0.2) is 19.6 Å². The maximum absolute atomic E-state index is 3.59. The van der Waals surface area contributed by atoms with Crippen molar-refractivity contribution in [2.24, 2.45) is 5.92 Å². The summed E-state index contributed by atoms with van der Waals surface area (Å²) >= 11 is 0. The van der Waals surface area contributed by atoms with Crippen molar-refractivity contribution in [3.63, 3.8) is 0 Å². The zero-order valence-electron chi connectivity index (χ0n) is 11.9. The fourth-order valence-corrected chi connectivity index (χ4v) is 2.46. The van der Waals surface area contributed by atoms with Crippen LogP contribution in [0, 0.1) is 5.92 Å². The number of hydrogen-bond donors (Lipinski definition) is 2. The summed E-state index contributed by atoms with van der Waals surface area (Å²) in [6, 6.07) is 0. The molecule has 1 rings (SSSR count). The van der Waals surface area contributed by atoms with Gasteiger partial charge in [0.05, 0.1) is 0 Å². The van der Waals surface area contributed by atoms with Gasteiger partial charge in [-0.15, -0.1) is 0 Å². The molecule has 0 fully saturated rings. The highest BCUT2D eigenvalue weighted by Crippen LogP contribution is 2.27. The van der Waals surface area contributed by atoms with E-state index in [1.807, 2.05) is 0 Å². The summed E-state index contributed by atoms with van der Waals surface area (Å²) in [6.45, 7) is 12.1. The van der Waals surface area contributed by atoms with Crippen molar-refractivity contribution in [3.05, 3.63) is 22.9 Å². The van der Waals surface area contributed by atoms with Crippen LogP contribution in [0.1, 0.15) is 47.0 Å². The Kier molecular flexibility index (Phi) is 6.35. The minimum absolute atomic E-state index is 0.640. The maximum Gasteiger partial charge on any atom is 0.0353 e. The molecule has 1 aliphatic heterocycles. The average Bonchev–Trinajstić information content (AvgIpc) is 2.33. The van der Waals surface area contributed by atoms with Gasteiger partial charge in [0.2, 0.25) is 0 Å². The van der Waals surface area contributed by atoms with Crippen molar-refractivity contribution in [3.8, 4) is 0 Å². The molecule has 0 aromatic carbocycles. The Labute approximate surface area is 107 Å². The molecule has 2 nitrogen and oxygen atoms in total. The second-order valence-corrected chi connectivity index (χ2v) is 4.99. The van der Waals surface area contributed by atoms with Crippen molar-refractivity contribution < 1.29 is 0 Å². The van der Waals surface area contributed by atoms with Crippen LogP contribution in [0.4, 0.5) is 0 Å². The number of rotatable bonds is 4. The summed E-state index contributed by atoms with van der Waals surface area (Å²) in [5.74, 6) is 0.640. The molecule has 2 N–H and O–H groups in total. The Hall–Kier alpha value is -0.760. The third-order valence-corrected chi connectivity index (χ3v) is 3.74. The van der Waals surface area contributed by atoms with Crippen molar-refractivity contribution in [1.82, 2.24) is 10.6 Å². The molecule has 1 unspecified atom stereocenters. The molecule has 0 spiro atoms. The first kappa shape index (κ1) is 14.3. The zero-order chi connectivity index (χ0) is 12.7. The van der Waals surface area contributed by atoms with E-state index in [0.717, 1.165) is 19.6 Å². The summed E-state index contributed by atoms with van der Waals surface area (Å²) in [5, 5.41) is 7.10. The molecular weight excluding hydrogens is 208 g/mol. The summed E-state index contributed by atoms with van der Waals surface area (Å²) in [7, 11) is 0. The van der Waals surface area contributed by atoms with Gasteiger partial charge in [-0.25, -0.2) is 0 Å². The van der Waals surface area contributed by atoms with Crippen molar-refractivity contribution in [2.45, 2.75) is 47.0 Å². The van der Waals surface area contributed by atoms with Gasteiger partial charge in [0.15, 0.2) is 0 Å². The fraction of sp³-hybridized carbons (Fsp3) is 0.733. The fourth-order valence-electron chi connectivity index (χ4n) is 2.46. The van der Waals surface area contributed by atoms with E-state index in [4.69, 9.17) is 0 Å². The standard InChI is InChI=1S/C15H28N2/c1-5-9-17-15-11-16-10-7-8-14(13(15)4)12(3)6-2/h6,14,16-17H,5,7-11H2,1-4H3/b12-6+,15-13+. The van der Waals surface area contributed by atoms with Gasteiger partial charge in [-0.05, 0) is 52.2 Å². The van der Waals surface area contributed by atoms with Gasteiger partial charge in [0.25, 0.3) is 0 Å². The quantitative estimate of drug-likeness (QED) is 0.732. The van der Waals surface area contributed by atoms with E-state index in [9.17, 15) is 0 Å². The third kappa shape index (κ3) is 4.19. The Balaban J connectivity index is 2.88. The monoisotopic (exact) mass is 236 g/mol. The molecule has 0 bridgehead atoms. The van der Waals surface area contributed by atoms with Gasteiger partial charge in [-0.3, -0.25) is 0 Å². The Morgan fingerprint density at radius 3 is 2.94 bits per heavy atom. The highest BCUT2D eigenvalue weighted by Gasteiger charge is 2.17. The van der Waals surface area contributed by atoms with Gasteiger partial charge in [-0.1, -0.05) is 18.6 Å². The van der Waals surface area contributed by atoms with E-state index in [1.54, 1.807) is 0 Å². The van der Waals surface area contributed by atoms with Crippen molar-refractivity contribution >= 4 is 0 Å². The van der Waals surface area contributed by atoms with Crippen molar-refractivity contribution in [2.75, 3.05) is 19.6 Å². The summed E-state index contributed by atoms with van der Waals surface area (Å²) in [5.41, 5.74) is 4.46. The maximum atomic E-state index is 3.59. The van der Waals surface area contributed by atoms with Gasteiger partial charge >= 0.3 is 0 Å². The Morgan fingerprint density at radius 2 is 2.29 bits per heavy atom. The van der Waals surface area contributed by atoms with E-state index >= 15 is 0 Å². The van der Waals surface area contributed by atoms with Crippen LogP contribution >= 0.6 is 0 Å². The van der Waals surface area contributed by atoms with E-state index < -0.39 is 0 Å². The second kappa shape index (κ2) is 7.54. The lowest BCUT2D eigenvalue weighted by Gasteiger charge is -2.26. The lowest BCUT2D eigenvalue weighted by molar-refractivity contribution is 0.526. The summed E-state index contributed by atoms with van der Waals surface area (Å²) in [6.07, 6.45) is 5.99. The summed E-state index contributed by atoms with van der Waals surface area (Å²) < 4.78 is 0. The van der Waals surface area contributed by atoms with Crippen molar-refractivity contribution in [1.29, 1.82) is 0 Å². The minimum Gasteiger partial charge on any atom is -0.387 e. The van der Waals surface area contributed by atoms with Crippen LogP contribution in [0.3, 0.4) is 0 Å². The molecule has 0 saturated carbocycles. The molecule has 1 aliphatic rings. The molecule has 2 heteroatoms. The first-order valence-electron chi connectivity index (χ1n) is 6.97. The SMILES string of the molecule is C/C=C(\C)C1CCCNC/C(NCCC)=C\1C. The molecule has 17 heavy (non-hydrogen) atoms. The molecule has 1 heterocycles. The molecule has 98 valence electrons. The largest absolute Gasteiger partial charge is 0.387 e. The Bertz CT molecular complexity index is 289.